The van der Waals surface area contributed by atoms with Gasteiger partial charge >= 0.3 is 5.97 Å². The molecule has 0 radical (unpaired) electrons. The van der Waals surface area contributed by atoms with Crippen molar-refractivity contribution in [1.82, 2.24) is 10.6 Å². The SMILES string of the molecule is COC(=O)c1cccc(CNC(=O)C2(S(C)(=O)=O)CCNCC2)c1.Cl. The number of rotatable bonds is 5. The Morgan fingerprint density at radius 3 is 2.48 bits per heavy atom. The summed E-state index contributed by atoms with van der Waals surface area (Å²) in [6.45, 7) is 1.12. The van der Waals surface area contributed by atoms with Crippen LogP contribution in [-0.4, -0.2) is 51.5 Å². The lowest BCUT2D eigenvalue weighted by molar-refractivity contribution is -0.124. The number of hydrogen-bond donors (Lipinski definition) is 2. The number of nitrogens with one attached hydrogen (secondary N) is 2. The predicted octanol–water partition coefficient (Wildman–Crippen LogP) is 0.678. The molecule has 1 aliphatic rings. The molecule has 0 spiro atoms. The van der Waals surface area contributed by atoms with E-state index in [9.17, 15) is 18.0 Å². The van der Waals surface area contributed by atoms with E-state index in [1.807, 2.05) is 0 Å². The summed E-state index contributed by atoms with van der Waals surface area (Å²) in [5, 5.41) is 5.77. The second kappa shape index (κ2) is 8.64. The molecule has 1 aromatic carbocycles. The molecule has 25 heavy (non-hydrogen) atoms. The molecule has 1 saturated heterocycles. The zero-order valence-corrected chi connectivity index (χ0v) is 15.8. The Balaban J connectivity index is 0.00000312. The first kappa shape index (κ1) is 21.4. The van der Waals surface area contributed by atoms with Crippen molar-refractivity contribution in [1.29, 1.82) is 0 Å². The minimum atomic E-state index is -3.54. The van der Waals surface area contributed by atoms with E-state index in [4.69, 9.17) is 0 Å². The highest BCUT2D eigenvalue weighted by atomic mass is 35.5. The summed E-state index contributed by atoms with van der Waals surface area (Å²) < 4.78 is 27.7. The van der Waals surface area contributed by atoms with E-state index in [2.05, 4.69) is 15.4 Å². The highest BCUT2D eigenvalue weighted by Crippen LogP contribution is 2.28. The molecule has 1 amide bonds. The van der Waals surface area contributed by atoms with Crippen molar-refractivity contribution in [3.8, 4) is 0 Å². The first-order chi connectivity index (χ1) is 11.3. The molecule has 0 saturated carbocycles. The summed E-state index contributed by atoms with van der Waals surface area (Å²) >= 11 is 0. The zero-order chi connectivity index (χ0) is 17.8. The van der Waals surface area contributed by atoms with Crippen molar-refractivity contribution in [3.05, 3.63) is 35.4 Å². The monoisotopic (exact) mass is 390 g/mol. The van der Waals surface area contributed by atoms with E-state index < -0.39 is 26.5 Å². The number of esters is 1. The molecule has 1 fully saturated rings. The molecule has 0 bridgehead atoms. The number of benzene rings is 1. The fourth-order valence-corrected chi connectivity index (χ4v) is 4.22. The Morgan fingerprint density at radius 1 is 1.28 bits per heavy atom. The molecule has 1 aliphatic heterocycles. The normalized spacial score (nSPS) is 16.4. The molecule has 9 heteroatoms. The van der Waals surface area contributed by atoms with Gasteiger partial charge in [0.15, 0.2) is 14.6 Å². The van der Waals surface area contributed by atoms with Gasteiger partial charge in [-0.3, -0.25) is 4.79 Å². The molecular weight excluding hydrogens is 368 g/mol. The number of carbonyl (C=O) groups excluding carboxylic acids is 2. The molecule has 1 heterocycles. The van der Waals surface area contributed by atoms with Gasteiger partial charge in [0.2, 0.25) is 5.91 Å². The number of hydrogen-bond acceptors (Lipinski definition) is 6. The summed E-state index contributed by atoms with van der Waals surface area (Å²) in [4.78, 5) is 24.1. The van der Waals surface area contributed by atoms with Crippen molar-refractivity contribution in [2.24, 2.45) is 0 Å². The second-order valence-corrected chi connectivity index (χ2v) is 8.22. The third kappa shape index (κ3) is 4.71. The zero-order valence-electron chi connectivity index (χ0n) is 14.2. The maximum absolute atomic E-state index is 12.6. The summed E-state index contributed by atoms with van der Waals surface area (Å²) in [5.74, 6) is -0.955. The second-order valence-electron chi connectivity index (χ2n) is 5.89. The number of halogens is 1. The van der Waals surface area contributed by atoms with Gasteiger partial charge in [-0.05, 0) is 43.6 Å². The van der Waals surface area contributed by atoms with Crippen LogP contribution in [0.3, 0.4) is 0 Å². The summed E-state index contributed by atoms with van der Waals surface area (Å²) in [7, 11) is -2.25. The molecule has 0 atom stereocenters. The molecular formula is C16H23ClN2O5S. The lowest BCUT2D eigenvalue weighted by Crippen LogP contribution is -2.57. The van der Waals surface area contributed by atoms with Crippen LogP contribution < -0.4 is 10.6 Å². The third-order valence-electron chi connectivity index (χ3n) is 4.34. The Kier molecular flexibility index (Phi) is 7.40. The van der Waals surface area contributed by atoms with Gasteiger partial charge in [-0.25, -0.2) is 13.2 Å². The Bertz CT molecular complexity index is 730. The molecule has 0 aromatic heterocycles. The number of sulfone groups is 1. The van der Waals surface area contributed by atoms with Gasteiger partial charge in [-0.15, -0.1) is 12.4 Å². The van der Waals surface area contributed by atoms with Gasteiger partial charge in [0.25, 0.3) is 0 Å². The molecule has 2 rings (SSSR count). The van der Waals surface area contributed by atoms with E-state index in [1.54, 1.807) is 24.3 Å². The molecule has 0 aliphatic carbocycles. The molecule has 0 unspecified atom stereocenters. The van der Waals surface area contributed by atoms with Crippen LogP contribution in [0.4, 0.5) is 0 Å². The van der Waals surface area contributed by atoms with E-state index in [-0.39, 0.29) is 31.8 Å². The van der Waals surface area contributed by atoms with Crippen molar-refractivity contribution >= 4 is 34.1 Å². The summed E-state index contributed by atoms with van der Waals surface area (Å²) in [6.07, 6.45) is 1.61. The van der Waals surface area contributed by atoms with Gasteiger partial charge in [0.1, 0.15) is 0 Å². The molecule has 1 aromatic rings. The standard InChI is InChI=1S/C16H22N2O5S.ClH/c1-23-14(19)13-5-3-4-12(10-13)11-18-15(20)16(24(2,21)22)6-8-17-9-7-16;/h3-5,10,17H,6-9,11H2,1-2H3,(H,18,20);1H. The van der Waals surface area contributed by atoms with Crippen LogP contribution in [0.2, 0.25) is 0 Å². The highest BCUT2D eigenvalue weighted by molar-refractivity contribution is 7.92. The van der Waals surface area contributed by atoms with E-state index in [0.29, 0.717) is 24.2 Å². The van der Waals surface area contributed by atoms with E-state index >= 15 is 0 Å². The maximum Gasteiger partial charge on any atom is 0.337 e. The number of carbonyl (C=O) groups is 2. The van der Waals surface area contributed by atoms with Gasteiger partial charge in [-0.2, -0.15) is 0 Å². The van der Waals surface area contributed by atoms with Crippen molar-refractivity contribution < 1.29 is 22.7 Å². The van der Waals surface area contributed by atoms with Gasteiger partial charge in [0.05, 0.1) is 12.7 Å². The minimum absolute atomic E-state index is 0. The maximum atomic E-state index is 12.6. The van der Waals surface area contributed by atoms with Gasteiger partial charge in [0, 0.05) is 12.8 Å². The van der Waals surface area contributed by atoms with Crippen molar-refractivity contribution in [3.63, 3.8) is 0 Å². The lowest BCUT2D eigenvalue weighted by atomic mass is 9.95. The highest BCUT2D eigenvalue weighted by Gasteiger charge is 2.48. The van der Waals surface area contributed by atoms with Crippen molar-refractivity contribution in [2.45, 2.75) is 24.1 Å². The largest absolute Gasteiger partial charge is 0.465 e. The van der Waals surface area contributed by atoms with Crippen LogP contribution >= 0.6 is 12.4 Å². The van der Waals surface area contributed by atoms with Crippen LogP contribution in [0.25, 0.3) is 0 Å². The van der Waals surface area contributed by atoms with Crippen LogP contribution in [-0.2, 0) is 25.9 Å². The van der Waals surface area contributed by atoms with Crippen LogP contribution in [0.5, 0.6) is 0 Å². The van der Waals surface area contributed by atoms with Crippen LogP contribution in [0.15, 0.2) is 24.3 Å². The van der Waals surface area contributed by atoms with Crippen LogP contribution in [0.1, 0.15) is 28.8 Å². The fourth-order valence-electron chi connectivity index (χ4n) is 2.87. The van der Waals surface area contributed by atoms with Gasteiger partial charge < -0.3 is 15.4 Å². The quantitative estimate of drug-likeness (QED) is 0.717. The van der Waals surface area contributed by atoms with E-state index in [1.165, 1.54) is 7.11 Å². The van der Waals surface area contributed by atoms with E-state index in [0.717, 1.165) is 6.26 Å². The molecule has 2 N–H and O–H groups in total. The predicted molar refractivity (Wildman–Crippen MR) is 96.6 cm³/mol. The fraction of sp³-hybridized carbons (Fsp3) is 0.500. The average Bonchev–Trinajstić information content (AvgIpc) is 2.58. The van der Waals surface area contributed by atoms with Crippen molar-refractivity contribution in [2.75, 3.05) is 26.5 Å². The number of piperidine rings is 1. The average molecular weight is 391 g/mol. The Labute approximate surface area is 153 Å². The van der Waals surface area contributed by atoms with Crippen LogP contribution in [0, 0.1) is 0 Å². The summed E-state index contributed by atoms with van der Waals surface area (Å²) in [6, 6.07) is 6.66. The topological polar surface area (TPSA) is 102 Å². The first-order valence-corrected chi connectivity index (χ1v) is 9.55. The molecule has 7 nitrogen and oxygen atoms in total. The smallest absolute Gasteiger partial charge is 0.337 e. The number of methoxy groups -OCH3 is 1. The van der Waals surface area contributed by atoms with Gasteiger partial charge in [-0.1, -0.05) is 12.1 Å². The Morgan fingerprint density at radius 2 is 1.92 bits per heavy atom. The minimum Gasteiger partial charge on any atom is -0.465 e. The number of ether oxygens (including phenoxy) is 1. The lowest BCUT2D eigenvalue weighted by Gasteiger charge is -2.34. The third-order valence-corrected chi connectivity index (χ3v) is 6.35. The first-order valence-electron chi connectivity index (χ1n) is 7.66. The number of amides is 1. The molecule has 140 valence electrons. The summed E-state index contributed by atoms with van der Waals surface area (Å²) in [5.41, 5.74) is 1.08. The Hall–Kier alpha value is -1.64.